The van der Waals surface area contributed by atoms with Gasteiger partial charge in [0.15, 0.2) is 0 Å². The minimum absolute atomic E-state index is 0.392. The number of halogens is 1. The molecule has 0 radical (unpaired) electrons. The summed E-state index contributed by atoms with van der Waals surface area (Å²) in [5, 5.41) is 0. The van der Waals surface area contributed by atoms with E-state index in [9.17, 15) is 4.79 Å². The van der Waals surface area contributed by atoms with Gasteiger partial charge in [-0.2, -0.15) is 0 Å². The summed E-state index contributed by atoms with van der Waals surface area (Å²) in [7, 11) is 0. The van der Waals surface area contributed by atoms with Crippen LogP contribution in [0.5, 0.6) is 0 Å². The van der Waals surface area contributed by atoms with Crippen molar-refractivity contribution in [2.24, 2.45) is 0 Å². The van der Waals surface area contributed by atoms with Crippen molar-refractivity contribution < 1.29 is 9.53 Å². The molecule has 0 aromatic rings. The summed E-state index contributed by atoms with van der Waals surface area (Å²) in [6.07, 6.45) is 3.11. The molecule has 0 N–H and O–H groups in total. The van der Waals surface area contributed by atoms with Crippen LogP contribution in [0.1, 0.15) is 0 Å². The van der Waals surface area contributed by atoms with Crippen molar-refractivity contribution >= 4 is 29.1 Å². The van der Waals surface area contributed by atoms with E-state index in [2.05, 4.69) is 27.3 Å². The van der Waals surface area contributed by atoms with E-state index in [1.807, 2.05) is 0 Å². The predicted molar refractivity (Wildman–Crippen MR) is 35.2 cm³/mol. The van der Waals surface area contributed by atoms with Crippen molar-refractivity contribution in [3.05, 3.63) is 12.3 Å². The Morgan fingerprint density at radius 1 is 1.71 bits per heavy atom. The summed E-state index contributed by atoms with van der Waals surface area (Å²) in [5.41, 5.74) is 0. The maximum atomic E-state index is 9.40. The van der Waals surface area contributed by atoms with Crippen LogP contribution >= 0.6 is 22.6 Å². The Hall–Kier alpha value is -0.0600. The maximum Gasteiger partial charge on any atom is 0.297 e. The molecule has 0 heterocycles. The molecule has 0 aromatic heterocycles. The Morgan fingerprint density at radius 3 is 2.86 bits per heavy atom. The van der Waals surface area contributed by atoms with Crippen LogP contribution < -0.4 is 0 Å². The zero-order valence-corrected chi connectivity index (χ0v) is 5.79. The van der Waals surface area contributed by atoms with Crippen molar-refractivity contribution in [3.8, 4) is 0 Å². The van der Waals surface area contributed by atoms with E-state index in [0.717, 1.165) is 4.43 Å². The van der Waals surface area contributed by atoms with Gasteiger partial charge < -0.3 is 4.74 Å². The zero-order chi connectivity index (χ0) is 5.54. The second kappa shape index (κ2) is 5.94. The van der Waals surface area contributed by atoms with Crippen molar-refractivity contribution in [1.82, 2.24) is 0 Å². The summed E-state index contributed by atoms with van der Waals surface area (Å²) in [6, 6.07) is 0. The third-order valence-electron chi connectivity index (χ3n) is 0.319. The second-order valence-electron chi connectivity index (χ2n) is 0.758. The number of alkyl halides is 1. The molecule has 0 bridgehead atoms. The molecule has 0 atom stereocenters. The monoisotopic (exact) mass is 212 g/mol. The van der Waals surface area contributed by atoms with Gasteiger partial charge in [-0.25, -0.2) is 0 Å². The maximum absolute atomic E-state index is 9.40. The quantitative estimate of drug-likeness (QED) is 0.303. The lowest BCUT2D eigenvalue weighted by atomic mass is 10.7. The third kappa shape index (κ3) is 5.94. The fourth-order valence-electron chi connectivity index (χ4n) is 0.124. The summed E-state index contributed by atoms with van der Waals surface area (Å²) in [5.74, 6) is 0. The normalized spacial score (nSPS) is 9.29. The number of allylic oxidation sites excluding steroid dienone is 1. The van der Waals surface area contributed by atoms with Gasteiger partial charge >= 0.3 is 0 Å². The van der Waals surface area contributed by atoms with Crippen molar-refractivity contribution in [1.29, 1.82) is 0 Å². The van der Waals surface area contributed by atoms with E-state index >= 15 is 0 Å². The number of carbonyl (C=O) groups excluding carboxylic acids is 1. The molecule has 7 heavy (non-hydrogen) atoms. The lowest BCUT2D eigenvalue weighted by molar-refractivity contribution is -0.123. The van der Waals surface area contributed by atoms with Gasteiger partial charge in [0, 0.05) is 4.43 Å². The summed E-state index contributed by atoms with van der Waals surface area (Å²) in [4.78, 5) is 9.40. The van der Waals surface area contributed by atoms with Crippen LogP contribution in [-0.4, -0.2) is 10.9 Å². The lowest BCUT2D eigenvalue weighted by Crippen LogP contribution is -1.71. The molecule has 2 nitrogen and oxygen atoms in total. The third-order valence-corrected chi connectivity index (χ3v) is 0.828. The smallest absolute Gasteiger partial charge is 0.297 e. The zero-order valence-electron chi connectivity index (χ0n) is 3.63. The molecule has 0 saturated carbocycles. The van der Waals surface area contributed by atoms with Gasteiger partial charge in [-0.05, 0) is 6.08 Å². The standard InChI is InChI=1S/C4H5IO2/c5-2-1-3-7-4-6/h1,3-4H,2H2. The molecule has 0 aliphatic carbocycles. The molecule has 3 heteroatoms. The van der Waals surface area contributed by atoms with Gasteiger partial charge in [-0.1, -0.05) is 22.6 Å². The fourth-order valence-corrected chi connectivity index (χ4v) is 0.332. The van der Waals surface area contributed by atoms with E-state index in [-0.39, 0.29) is 0 Å². The molecule has 0 amide bonds. The first-order valence-electron chi connectivity index (χ1n) is 1.72. The molecule has 0 aliphatic heterocycles. The van der Waals surface area contributed by atoms with Crippen molar-refractivity contribution in [2.45, 2.75) is 0 Å². The first kappa shape index (κ1) is 6.94. The Bertz CT molecular complexity index is 70.1. The number of rotatable bonds is 3. The van der Waals surface area contributed by atoms with Gasteiger partial charge in [0.25, 0.3) is 6.47 Å². The number of hydrogen-bond donors (Lipinski definition) is 0. The Balaban J connectivity index is 2.92. The number of hydrogen-bond acceptors (Lipinski definition) is 2. The van der Waals surface area contributed by atoms with Gasteiger partial charge in [-0.15, -0.1) is 0 Å². The molecule has 0 aromatic carbocycles. The number of ether oxygens (including phenoxy) is 1. The molecule has 0 unspecified atom stereocenters. The molecule has 40 valence electrons. The molecule has 0 aliphatic rings. The lowest BCUT2D eigenvalue weighted by Gasteiger charge is -1.77. The van der Waals surface area contributed by atoms with Gasteiger partial charge in [0.2, 0.25) is 0 Å². The Labute approximate surface area is 55.7 Å². The van der Waals surface area contributed by atoms with E-state index in [0.29, 0.717) is 6.47 Å². The largest absolute Gasteiger partial charge is 0.437 e. The average molecular weight is 212 g/mol. The highest BCUT2D eigenvalue weighted by Gasteiger charge is 1.65. The first-order chi connectivity index (χ1) is 3.41. The van der Waals surface area contributed by atoms with E-state index in [1.54, 1.807) is 6.08 Å². The molecule has 0 rings (SSSR count). The summed E-state index contributed by atoms with van der Waals surface area (Å²) >= 11 is 2.14. The molecular weight excluding hydrogens is 207 g/mol. The molecule has 0 spiro atoms. The van der Waals surface area contributed by atoms with Crippen molar-refractivity contribution in [2.75, 3.05) is 4.43 Å². The molecule has 0 saturated heterocycles. The highest BCUT2D eigenvalue weighted by molar-refractivity contribution is 14.1. The van der Waals surface area contributed by atoms with Crippen LogP contribution in [-0.2, 0) is 9.53 Å². The first-order valence-corrected chi connectivity index (χ1v) is 3.24. The second-order valence-corrected chi connectivity index (χ2v) is 1.64. The minimum Gasteiger partial charge on any atom is -0.437 e. The van der Waals surface area contributed by atoms with E-state index in [1.165, 1.54) is 6.26 Å². The van der Waals surface area contributed by atoms with E-state index < -0.39 is 0 Å². The van der Waals surface area contributed by atoms with Crippen LogP contribution in [0.3, 0.4) is 0 Å². The number of carbonyl (C=O) groups is 1. The molecular formula is C4H5IO2. The van der Waals surface area contributed by atoms with Crippen LogP contribution in [0, 0.1) is 0 Å². The predicted octanol–water partition coefficient (Wildman–Crippen LogP) is 1.11. The highest BCUT2D eigenvalue weighted by Crippen LogP contribution is 1.81. The minimum atomic E-state index is 0.392. The van der Waals surface area contributed by atoms with Gasteiger partial charge in [-0.3, -0.25) is 4.79 Å². The van der Waals surface area contributed by atoms with Gasteiger partial charge in [0.05, 0.1) is 6.26 Å². The fraction of sp³-hybridized carbons (Fsp3) is 0.250. The SMILES string of the molecule is O=COC=CCI. The Morgan fingerprint density at radius 2 is 2.43 bits per heavy atom. The van der Waals surface area contributed by atoms with E-state index in [4.69, 9.17) is 0 Å². The van der Waals surface area contributed by atoms with Crippen molar-refractivity contribution in [3.63, 3.8) is 0 Å². The highest BCUT2D eigenvalue weighted by atomic mass is 127. The van der Waals surface area contributed by atoms with Crippen LogP contribution in [0.25, 0.3) is 0 Å². The topological polar surface area (TPSA) is 26.3 Å². The van der Waals surface area contributed by atoms with Gasteiger partial charge in [0.1, 0.15) is 0 Å². The van der Waals surface area contributed by atoms with Crippen LogP contribution in [0.2, 0.25) is 0 Å². The average Bonchev–Trinajstić information content (AvgIpc) is 1.69. The van der Waals surface area contributed by atoms with Crippen LogP contribution in [0.4, 0.5) is 0 Å². The van der Waals surface area contributed by atoms with Crippen LogP contribution in [0.15, 0.2) is 12.3 Å². The molecule has 0 fully saturated rings. The summed E-state index contributed by atoms with van der Waals surface area (Å²) < 4.78 is 5.07. The summed E-state index contributed by atoms with van der Waals surface area (Å²) in [6.45, 7) is 0.392. The Kier molecular flexibility index (Phi) is 5.89.